The molecule has 3 N–H and O–H groups in total. The van der Waals surface area contributed by atoms with Crippen LogP contribution in [0.2, 0.25) is 5.02 Å². The van der Waals surface area contributed by atoms with Gasteiger partial charge in [0.15, 0.2) is 0 Å². The third-order valence-electron chi connectivity index (χ3n) is 3.07. The van der Waals surface area contributed by atoms with Gasteiger partial charge in [0.05, 0.1) is 6.04 Å². The van der Waals surface area contributed by atoms with Crippen molar-refractivity contribution in [2.75, 3.05) is 5.73 Å². The number of hydrogen-bond acceptors (Lipinski definition) is 3. The number of halogens is 1. The molecule has 1 amide bonds. The number of nitrogens with one attached hydrogen (secondary N) is 1. The second-order valence-electron chi connectivity index (χ2n) is 4.74. The number of hydrogen-bond donors (Lipinski definition) is 2. The summed E-state index contributed by atoms with van der Waals surface area (Å²) < 4.78 is 1.27. The van der Waals surface area contributed by atoms with Crippen LogP contribution in [0.4, 0.5) is 5.69 Å². The molecule has 0 saturated heterocycles. The number of nitrogens with two attached hydrogens (primary N) is 1. The Morgan fingerprint density at radius 3 is 2.76 bits per heavy atom. The molecule has 0 aliphatic rings. The molecular weight excluding hydrogens is 290 g/mol. The summed E-state index contributed by atoms with van der Waals surface area (Å²) in [5.74, 6) is -0.282. The molecule has 2 aromatic rings. The molecule has 6 heteroatoms. The summed E-state index contributed by atoms with van der Waals surface area (Å²) in [6.07, 6.45) is 1.45. The third kappa shape index (κ3) is 3.86. The summed E-state index contributed by atoms with van der Waals surface area (Å²) in [7, 11) is 0. The Bertz CT molecular complexity index is 712. The summed E-state index contributed by atoms with van der Waals surface area (Å²) in [5.41, 5.74) is 6.59. The lowest BCUT2D eigenvalue weighted by molar-refractivity contribution is -0.122. The minimum atomic E-state index is -0.282. The number of carbonyl (C=O) groups excluding carboxylic acids is 1. The highest BCUT2D eigenvalue weighted by molar-refractivity contribution is 6.31. The molecular formula is C15H16ClN3O2. The zero-order valence-electron chi connectivity index (χ0n) is 11.5. The lowest BCUT2D eigenvalue weighted by Crippen LogP contribution is -2.33. The molecule has 0 radical (unpaired) electrons. The first-order valence-corrected chi connectivity index (χ1v) is 6.85. The summed E-state index contributed by atoms with van der Waals surface area (Å²) in [4.78, 5) is 23.6. The number of benzene rings is 1. The van der Waals surface area contributed by atoms with Crippen molar-refractivity contribution in [3.05, 3.63) is 63.5 Å². The van der Waals surface area contributed by atoms with Gasteiger partial charge in [0.1, 0.15) is 6.54 Å². The van der Waals surface area contributed by atoms with E-state index < -0.39 is 0 Å². The van der Waals surface area contributed by atoms with Crippen LogP contribution in [0, 0.1) is 0 Å². The van der Waals surface area contributed by atoms with E-state index >= 15 is 0 Å². The Hall–Kier alpha value is -2.27. The molecule has 1 unspecified atom stereocenters. The van der Waals surface area contributed by atoms with Gasteiger partial charge in [0.2, 0.25) is 5.91 Å². The first-order valence-electron chi connectivity index (χ1n) is 6.47. The van der Waals surface area contributed by atoms with Crippen LogP contribution >= 0.6 is 11.6 Å². The Labute approximate surface area is 127 Å². The van der Waals surface area contributed by atoms with Crippen LogP contribution in [0.1, 0.15) is 18.5 Å². The predicted octanol–water partition coefficient (Wildman–Crippen LogP) is 1.96. The number of amides is 1. The lowest BCUT2D eigenvalue weighted by Gasteiger charge is -2.16. The first kappa shape index (κ1) is 15.1. The fourth-order valence-corrected chi connectivity index (χ4v) is 2.32. The van der Waals surface area contributed by atoms with Crippen LogP contribution in [0.5, 0.6) is 0 Å². The fourth-order valence-electron chi connectivity index (χ4n) is 2.02. The van der Waals surface area contributed by atoms with Crippen LogP contribution in [0.15, 0.2) is 47.4 Å². The molecule has 0 aliphatic carbocycles. The van der Waals surface area contributed by atoms with Gasteiger partial charge in [-0.25, -0.2) is 0 Å². The van der Waals surface area contributed by atoms with Crippen molar-refractivity contribution in [1.29, 1.82) is 0 Å². The molecule has 1 aromatic carbocycles. The van der Waals surface area contributed by atoms with Crippen LogP contribution in [-0.2, 0) is 11.3 Å². The van der Waals surface area contributed by atoms with Crippen molar-refractivity contribution >= 4 is 23.2 Å². The molecule has 1 aromatic heterocycles. The van der Waals surface area contributed by atoms with Gasteiger partial charge in [0, 0.05) is 23.0 Å². The quantitative estimate of drug-likeness (QED) is 0.906. The third-order valence-corrected chi connectivity index (χ3v) is 3.41. The second kappa shape index (κ2) is 6.45. The molecule has 0 bridgehead atoms. The number of anilines is 1. The monoisotopic (exact) mass is 305 g/mol. The first-order chi connectivity index (χ1) is 9.97. The van der Waals surface area contributed by atoms with Gasteiger partial charge in [-0.05, 0) is 24.6 Å². The highest BCUT2D eigenvalue weighted by Gasteiger charge is 2.12. The predicted molar refractivity (Wildman–Crippen MR) is 83.1 cm³/mol. The summed E-state index contributed by atoms with van der Waals surface area (Å²) >= 11 is 6.09. The van der Waals surface area contributed by atoms with Crippen LogP contribution < -0.4 is 16.6 Å². The van der Waals surface area contributed by atoms with Crippen molar-refractivity contribution in [3.8, 4) is 0 Å². The molecule has 0 aliphatic heterocycles. The molecule has 2 rings (SSSR count). The Balaban J connectivity index is 2.07. The van der Waals surface area contributed by atoms with E-state index in [-0.39, 0.29) is 24.1 Å². The van der Waals surface area contributed by atoms with Crippen molar-refractivity contribution in [3.63, 3.8) is 0 Å². The average molecular weight is 306 g/mol. The van der Waals surface area contributed by atoms with Gasteiger partial charge in [-0.1, -0.05) is 29.8 Å². The van der Waals surface area contributed by atoms with E-state index in [0.29, 0.717) is 10.7 Å². The largest absolute Gasteiger partial charge is 0.398 e. The SMILES string of the molecule is CC(NC(=O)Cn1cc(N)ccc1=O)c1ccccc1Cl. The Morgan fingerprint density at radius 1 is 1.33 bits per heavy atom. The van der Waals surface area contributed by atoms with Crippen LogP contribution in [0.3, 0.4) is 0 Å². The maximum Gasteiger partial charge on any atom is 0.251 e. The standard InChI is InChI=1S/C15H16ClN3O2/c1-10(12-4-2-3-5-13(12)16)18-14(20)9-19-8-11(17)6-7-15(19)21/h2-8,10H,9,17H2,1H3,(H,18,20). The van der Waals surface area contributed by atoms with Crippen molar-refractivity contribution in [2.45, 2.75) is 19.5 Å². The van der Waals surface area contributed by atoms with Gasteiger partial charge in [-0.15, -0.1) is 0 Å². The van der Waals surface area contributed by atoms with Gasteiger partial charge in [0.25, 0.3) is 5.56 Å². The summed E-state index contributed by atoms with van der Waals surface area (Å²) in [6, 6.07) is 9.88. The smallest absolute Gasteiger partial charge is 0.251 e. The van der Waals surface area contributed by atoms with Crippen molar-refractivity contribution in [1.82, 2.24) is 9.88 Å². The highest BCUT2D eigenvalue weighted by Crippen LogP contribution is 2.21. The second-order valence-corrected chi connectivity index (χ2v) is 5.15. The molecule has 0 fully saturated rings. The number of aromatic nitrogens is 1. The van der Waals surface area contributed by atoms with E-state index in [1.54, 1.807) is 6.07 Å². The minimum Gasteiger partial charge on any atom is -0.398 e. The van der Waals surface area contributed by atoms with Crippen molar-refractivity contribution in [2.24, 2.45) is 0 Å². The number of pyridine rings is 1. The molecule has 1 atom stereocenters. The highest BCUT2D eigenvalue weighted by atomic mass is 35.5. The Morgan fingerprint density at radius 2 is 2.05 bits per heavy atom. The van der Waals surface area contributed by atoms with E-state index in [1.807, 2.05) is 25.1 Å². The molecule has 5 nitrogen and oxygen atoms in total. The number of rotatable bonds is 4. The van der Waals surface area contributed by atoms with E-state index in [4.69, 9.17) is 17.3 Å². The van der Waals surface area contributed by atoms with Crippen molar-refractivity contribution < 1.29 is 4.79 Å². The van der Waals surface area contributed by atoms with Gasteiger partial charge in [-0.2, -0.15) is 0 Å². The Kier molecular flexibility index (Phi) is 4.65. The van der Waals surface area contributed by atoms with E-state index in [2.05, 4.69) is 5.32 Å². The van der Waals surface area contributed by atoms with E-state index in [0.717, 1.165) is 5.56 Å². The maximum atomic E-state index is 12.0. The average Bonchev–Trinajstić information content (AvgIpc) is 2.43. The fraction of sp³-hybridized carbons (Fsp3) is 0.200. The summed E-state index contributed by atoms with van der Waals surface area (Å²) in [5, 5.41) is 3.40. The van der Waals surface area contributed by atoms with E-state index in [9.17, 15) is 9.59 Å². The number of carbonyl (C=O) groups is 1. The number of nitrogen functional groups attached to an aromatic ring is 1. The van der Waals surface area contributed by atoms with Gasteiger partial charge < -0.3 is 15.6 Å². The van der Waals surface area contributed by atoms with Crippen LogP contribution in [-0.4, -0.2) is 10.5 Å². The molecule has 0 saturated carbocycles. The van der Waals surface area contributed by atoms with E-state index in [1.165, 1.54) is 22.9 Å². The zero-order chi connectivity index (χ0) is 15.4. The minimum absolute atomic E-state index is 0.0847. The topological polar surface area (TPSA) is 77.1 Å². The van der Waals surface area contributed by atoms with Gasteiger partial charge in [-0.3, -0.25) is 9.59 Å². The molecule has 110 valence electrons. The lowest BCUT2D eigenvalue weighted by atomic mass is 10.1. The molecule has 21 heavy (non-hydrogen) atoms. The van der Waals surface area contributed by atoms with Gasteiger partial charge >= 0.3 is 0 Å². The van der Waals surface area contributed by atoms with Crippen LogP contribution in [0.25, 0.3) is 0 Å². The summed E-state index contributed by atoms with van der Waals surface area (Å²) in [6.45, 7) is 1.75. The number of nitrogens with zero attached hydrogens (tertiary/aromatic N) is 1. The normalized spacial score (nSPS) is 11.9. The molecule has 1 heterocycles. The maximum absolute atomic E-state index is 12.0. The molecule has 0 spiro atoms. The zero-order valence-corrected chi connectivity index (χ0v) is 12.3.